The summed E-state index contributed by atoms with van der Waals surface area (Å²) in [4.78, 5) is 0. The van der Waals surface area contributed by atoms with E-state index in [9.17, 15) is 0 Å². The Labute approximate surface area is 62.5 Å². The molecule has 0 amide bonds. The highest BCUT2D eigenvalue weighted by Crippen LogP contribution is 1.96. The van der Waals surface area contributed by atoms with Gasteiger partial charge in [-0.1, -0.05) is 0 Å². The molecular weight excluding hydrogens is 130 g/mol. The number of hydrogen-bond donors (Lipinski definition) is 1. The maximum Gasteiger partial charge on any atom is 0.0940 e. The molecule has 0 aliphatic rings. The van der Waals surface area contributed by atoms with Crippen LogP contribution in [0, 0.1) is 0 Å². The normalized spacial score (nSPS) is 13.5. The number of nitrogens with two attached hydrogens (primary N) is 1. The summed E-state index contributed by atoms with van der Waals surface area (Å²) in [5.74, 6) is 0. The molecule has 0 aliphatic carbocycles. The van der Waals surface area contributed by atoms with Crippen molar-refractivity contribution in [1.82, 2.24) is 0 Å². The summed E-state index contributed by atoms with van der Waals surface area (Å²) in [6.07, 6.45) is 1.21. The number of rotatable bonds is 6. The molecule has 0 bridgehead atoms. The molecule has 0 rings (SSSR count). The molecule has 0 aromatic heterocycles. The number of ether oxygens (including phenoxy) is 2. The zero-order valence-electron chi connectivity index (χ0n) is 6.80. The van der Waals surface area contributed by atoms with Crippen LogP contribution in [-0.4, -0.2) is 26.0 Å². The fourth-order valence-corrected chi connectivity index (χ4v) is 0.700. The first-order valence-electron chi connectivity index (χ1n) is 3.70. The van der Waals surface area contributed by atoms with Gasteiger partial charge in [0.25, 0.3) is 0 Å². The van der Waals surface area contributed by atoms with Crippen molar-refractivity contribution in [2.24, 2.45) is 5.73 Å². The standard InChI is InChI=1S/C7H17NO2/c1-3-10-7(2)4-5-9-6-8/h7H,3-6,8H2,1-2H3. The number of hydrogen-bond acceptors (Lipinski definition) is 3. The van der Waals surface area contributed by atoms with Gasteiger partial charge in [0.05, 0.1) is 19.4 Å². The molecule has 0 aliphatic heterocycles. The van der Waals surface area contributed by atoms with Gasteiger partial charge in [0, 0.05) is 6.61 Å². The topological polar surface area (TPSA) is 44.5 Å². The fourth-order valence-electron chi connectivity index (χ4n) is 0.700. The first kappa shape index (κ1) is 9.88. The van der Waals surface area contributed by atoms with Crippen LogP contribution >= 0.6 is 0 Å². The molecule has 62 valence electrons. The van der Waals surface area contributed by atoms with E-state index in [-0.39, 0.29) is 6.10 Å². The smallest absolute Gasteiger partial charge is 0.0940 e. The van der Waals surface area contributed by atoms with Gasteiger partial charge in [0.2, 0.25) is 0 Å². The average molecular weight is 147 g/mol. The Morgan fingerprint density at radius 2 is 2.20 bits per heavy atom. The molecule has 3 heteroatoms. The minimum atomic E-state index is 0.288. The lowest BCUT2D eigenvalue weighted by atomic mass is 10.3. The van der Waals surface area contributed by atoms with Gasteiger partial charge in [-0.3, -0.25) is 0 Å². The van der Waals surface area contributed by atoms with Crippen LogP contribution in [0.25, 0.3) is 0 Å². The molecule has 10 heavy (non-hydrogen) atoms. The van der Waals surface area contributed by atoms with Crippen LogP contribution in [0.5, 0.6) is 0 Å². The van der Waals surface area contributed by atoms with E-state index in [1.54, 1.807) is 0 Å². The van der Waals surface area contributed by atoms with E-state index in [0.717, 1.165) is 13.0 Å². The Bertz CT molecular complexity index is 68.6. The molecule has 0 fully saturated rings. The van der Waals surface area contributed by atoms with E-state index < -0.39 is 0 Å². The molecule has 3 nitrogen and oxygen atoms in total. The Morgan fingerprint density at radius 3 is 2.70 bits per heavy atom. The Kier molecular flexibility index (Phi) is 6.91. The highest BCUT2D eigenvalue weighted by atomic mass is 16.5. The quantitative estimate of drug-likeness (QED) is 0.445. The lowest BCUT2D eigenvalue weighted by molar-refractivity contribution is 0.0395. The van der Waals surface area contributed by atoms with Gasteiger partial charge < -0.3 is 15.2 Å². The van der Waals surface area contributed by atoms with Gasteiger partial charge in [-0.25, -0.2) is 0 Å². The summed E-state index contributed by atoms with van der Waals surface area (Å²) in [5.41, 5.74) is 5.13. The third-order valence-corrected chi connectivity index (χ3v) is 1.24. The molecule has 0 saturated carbocycles. The summed E-state index contributed by atoms with van der Waals surface area (Å²) in [6, 6.07) is 0. The van der Waals surface area contributed by atoms with Crippen molar-refractivity contribution in [3.05, 3.63) is 0 Å². The highest BCUT2D eigenvalue weighted by Gasteiger charge is 1.98. The Morgan fingerprint density at radius 1 is 1.50 bits per heavy atom. The van der Waals surface area contributed by atoms with Crippen LogP contribution in [0.1, 0.15) is 20.3 Å². The van der Waals surface area contributed by atoms with Crippen LogP contribution in [0.4, 0.5) is 0 Å². The van der Waals surface area contributed by atoms with Gasteiger partial charge in [0.15, 0.2) is 0 Å². The molecule has 0 aromatic rings. The molecule has 0 spiro atoms. The molecule has 0 saturated heterocycles. The predicted octanol–water partition coefficient (Wildman–Crippen LogP) is 0.734. The van der Waals surface area contributed by atoms with E-state index in [1.807, 2.05) is 13.8 Å². The molecule has 0 heterocycles. The van der Waals surface area contributed by atoms with Gasteiger partial charge in [0.1, 0.15) is 0 Å². The third-order valence-electron chi connectivity index (χ3n) is 1.24. The second-order valence-electron chi connectivity index (χ2n) is 2.13. The maximum atomic E-state index is 5.27. The van der Waals surface area contributed by atoms with Crippen molar-refractivity contribution in [2.45, 2.75) is 26.4 Å². The SMILES string of the molecule is CCOC(C)CCOCN. The molecule has 0 radical (unpaired) electrons. The molecule has 1 unspecified atom stereocenters. The van der Waals surface area contributed by atoms with Crippen molar-refractivity contribution < 1.29 is 9.47 Å². The van der Waals surface area contributed by atoms with Gasteiger partial charge in [-0.2, -0.15) is 0 Å². The largest absolute Gasteiger partial charge is 0.379 e. The van der Waals surface area contributed by atoms with Crippen molar-refractivity contribution in [3.8, 4) is 0 Å². The molecule has 0 aromatic carbocycles. The molecular formula is C7H17NO2. The van der Waals surface area contributed by atoms with E-state index in [2.05, 4.69) is 0 Å². The van der Waals surface area contributed by atoms with E-state index in [4.69, 9.17) is 15.2 Å². The lowest BCUT2D eigenvalue weighted by Gasteiger charge is -2.10. The first-order chi connectivity index (χ1) is 4.81. The third kappa shape index (κ3) is 6.01. The van der Waals surface area contributed by atoms with E-state index in [0.29, 0.717) is 13.3 Å². The van der Waals surface area contributed by atoms with Gasteiger partial charge in [-0.15, -0.1) is 0 Å². The predicted molar refractivity (Wildman–Crippen MR) is 40.7 cm³/mol. The van der Waals surface area contributed by atoms with Gasteiger partial charge in [-0.05, 0) is 20.3 Å². The fraction of sp³-hybridized carbons (Fsp3) is 1.00. The summed E-state index contributed by atoms with van der Waals surface area (Å²) in [7, 11) is 0. The highest BCUT2D eigenvalue weighted by molar-refractivity contribution is 4.47. The van der Waals surface area contributed by atoms with Crippen molar-refractivity contribution in [2.75, 3.05) is 19.9 Å². The average Bonchev–Trinajstić information content (AvgIpc) is 1.89. The van der Waals surface area contributed by atoms with Crippen molar-refractivity contribution in [3.63, 3.8) is 0 Å². The monoisotopic (exact) mass is 147 g/mol. The van der Waals surface area contributed by atoms with E-state index >= 15 is 0 Å². The Balaban J connectivity index is 2.97. The minimum absolute atomic E-state index is 0.288. The van der Waals surface area contributed by atoms with Gasteiger partial charge >= 0.3 is 0 Å². The zero-order chi connectivity index (χ0) is 7.82. The Hall–Kier alpha value is -0.120. The zero-order valence-corrected chi connectivity index (χ0v) is 6.80. The minimum Gasteiger partial charge on any atom is -0.379 e. The van der Waals surface area contributed by atoms with Crippen LogP contribution in [0.2, 0.25) is 0 Å². The summed E-state index contributed by atoms with van der Waals surface area (Å²) >= 11 is 0. The van der Waals surface area contributed by atoms with Crippen LogP contribution in [0.15, 0.2) is 0 Å². The van der Waals surface area contributed by atoms with E-state index in [1.165, 1.54) is 0 Å². The molecule has 1 atom stereocenters. The summed E-state index contributed by atoms with van der Waals surface area (Å²) in [6.45, 7) is 5.78. The summed E-state index contributed by atoms with van der Waals surface area (Å²) in [5, 5.41) is 0. The first-order valence-corrected chi connectivity index (χ1v) is 3.70. The lowest BCUT2D eigenvalue weighted by Crippen LogP contribution is -2.13. The van der Waals surface area contributed by atoms with Crippen molar-refractivity contribution in [1.29, 1.82) is 0 Å². The molecule has 2 N–H and O–H groups in total. The van der Waals surface area contributed by atoms with Crippen LogP contribution in [0.3, 0.4) is 0 Å². The second kappa shape index (κ2) is 6.99. The summed E-state index contributed by atoms with van der Waals surface area (Å²) < 4.78 is 10.2. The van der Waals surface area contributed by atoms with Crippen LogP contribution in [-0.2, 0) is 9.47 Å². The second-order valence-corrected chi connectivity index (χ2v) is 2.13. The maximum absolute atomic E-state index is 5.27. The van der Waals surface area contributed by atoms with Crippen molar-refractivity contribution >= 4 is 0 Å². The van der Waals surface area contributed by atoms with Crippen LogP contribution < -0.4 is 5.73 Å².